The lowest BCUT2D eigenvalue weighted by Gasteiger charge is -2.25. The van der Waals surface area contributed by atoms with Crippen LogP contribution in [0.25, 0.3) is 22.2 Å². The predicted octanol–water partition coefficient (Wildman–Crippen LogP) is 5.94. The first-order valence-corrected chi connectivity index (χ1v) is 12.6. The van der Waals surface area contributed by atoms with Crippen molar-refractivity contribution in [2.45, 2.75) is 46.1 Å². The van der Waals surface area contributed by atoms with E-state index in [1.54, 1.807) is 41.6 Å². The van der Waals surface area contributed by atoms with Crippen molar-refractivity contribution in [3.8, 4) is 45.8 Å². The van der Waals surface area contributed by atoms with E-state index < -0.39 is 0 Å². The van der Waals surface area contributed by atoms with Crippen LogP contribution < -0.4 is 33.8 Å². The van der Waals surface area contributed by atoms with Crippen molar-refractivity contribution in [2.24, 2.45) is 5.92 Å². The maximum atomic E-state index is 13.9. The number of methoxy groups -OCH3 is 6. The van der Waals surface area contributed by atoms with Crippen LogP contribution in [0.15, 0.2) is 29.1 Å². The molecule has 0 spiro atoms. The number of nitrogens with zero attached hydrogens (tertiary/aromatic N) is 1. The second-order valence-corrected chi connectivity index (χ2v) is 8.88. The molecule has 0 aliphatic rings. The van der Waals surface area contributed by atoms with Crippen molar-refractivity contribution in [3.63, 3.8) is 0 Å². The Morgan fingerprint density at radius 1 is 0.757 bits per heavy atom. The first-order valence-electron chi connectivity index (χ1n) is 12.6. The molecular weight excluding hydrogens is 474 g/mol. The summed E-state index contributed by atoms with van der Waals surface area (Å²) in [6.07, 6.45) is 4.30. The molecule has 37 heavy (non-hydrogen) atoms. The summed E-state index contributed by atoms with van der Waals surface area (Å²) in [4.78, 5) is 13.9. The fourth-order valence-electron chi connectivity index (χ4n) is 4.82. The highest BCUT2D eigenvalue weighted by atomic mass is 16.5. The van der Waals surface area contributed by atoms with Gasteiger partial charge in [0, 0.05) is 24.2 Å². The molecule has 0 radical (unpaired) electrons. The Morgan fingerprint density at radius 2 is 1.38 bits per heavy atom. The smallest absolute Gasteiger partial charge is 0.235 e. The van der Waals surface area contributed by atoms with Crippen LogP contribution in [0.1, 0.15) is 39.5 Å². The van der Waals surface area contributed by atoms with Gasteiger partial charge in [-0.2, -0.15) is 0 Å². The van der Waals surface area contributed by atoms with E-state index in [2.05, 4.69) is 18.4 Å². The fourth-order valence-corrected chi connectivity index (χ4v) is 4.82. The molecule has 0 aliphatic carbocycles. The van der Waals surface area contributed by atoms with E-state index in [1.165, 1.54) is 7.11 Å². The molecule has 1 aromatic heterocycles. The Balaban J connectivity index is 2.51. The highest BCUT2D eigenvalue weighted by Crippen LogP contribution is 2.44. The molecule has 0 bridgehead atoms. The zero-order valence-electron chi connectivity index (χ0n) is 23.2. The summed E-state index contributed by atoms with van der Waals surface area (Å²) >= 11 is 0. The van der Waals surface area contributed by atoms with Crippen molar-refractivity contribution in [1.29, 1.82) is 0 Å². The van der Waals surface area contributed by atoms with Crippen LogP contribution in [0.2, 0.25) is 0 Å². The molecule has 0 fully saturated rings. The summed E-state index contributed by atoms with van der Waals surface area (Å²) in [7, 11) is 9.36. The van der Waals surface area contributed by atoms with Gasteiger partial charge in [0.15, 0.2) is 17.2 Å². The number of pyridine rings is 1. The maximum absolute atomic E-state index is 13.9. The fraction of sp³-hybridized carbons (Fsp3) is 0.483. The van der Waals surface area contributed by atoms with E-state index in [0.29, 0.717) is 63.4 Å². The number of hydrogen-bond donors (Lipinski definition) is 0. The van der Waals surface area contributed by atoms with Crippen molar-refractivity contribution in [1.82, 2.24) is 4.57 Å². The number of ether oxygens (including phenoxy) is 6. The van der Waals surface area contributed by atoms with E-state index in [4.69, 9.17) is 28.4 Å². The number of fused-ring (bicyclic) bond motifs is 1. The molecule has 8 heteroatoms. The molecule has 0 saturated carbocycles. The van der Waals surface area contributed by atoms with Gasteiger partial charge < -0.3 is 33.0 Å². The van der Waals surface area contributed by atoms with E-state index in [9.17, 15) is 4.79 Å². The van der Waals surface area contributed by atoms with Crippen LogP contribution in [0.5, 0.6) is 34.5 Å². The van der Waals surface area contributed by atoms with Crippen molar-refractivity contribution >= 4 is 10.9 Å². The van der Waals surface area contributed by atoms with E-state index >= 15 is 0 Å². The molecule has 3 aromatic rings. The molecule has 3 rings (SSSR count). The zero-order valence-corrected chi connectivity index (χ0v) is 23.2. The lowest BCUT2D eigenvalue weighted by Crippen LogP contribution is -2.20. The van der Waals surface area contributed by atoms with E-state index in [1.807, 2.05) is 18.2 Å². The van der Waals surface area contributed by atoms with Gasteiger partial charge in [-0.25, -0.2) is 0 Å². The summed E-state index contributed by atoms with van der Waals surface area (Å²) in [6.45, 7) is 5.07. The Morgan fingerprint density at radius 3 is 1.86 bits per heavy atom. The van der Waals surface area contributed by atoms with Gasteiger partial charge in [-0.15, -0.1) is 0 Å². The van der Waals surface area contributed by atoms with Gasteiger partial charge >= 0.3 is 0 Å². The number of aromatic nitrogens is 1. The van der Waals surface area contributed by atoms with Crippen LogP contribution in [-0.2, 0) is 6.54 Å². The molecule has 0 N–H and O–H groups in total. The van der Waals surface area contributed by atoms with Crippen LogP contribution in [0.3, 0.4) is 0 Å². The van der Waals surface area contributed by atoms with Gasteiger partial charge in [0.25, 0.3) is 0 Å². The quantitative estimate of drug-likeness (QED) is 0.280. The van der Waals surface area contributed by atoms with Gasteiger partial charge in [-0.3, -0.25) is 4.79 Å². The maximum Gasteiger partial charge on any atom is 0.235 e. The molecule has 1 unspecified atom stereocenters. The van der Waals surface area contributed by atoms with Crippen molar-refractivity contribution < 1.29 is 28.4 Å². The van der Waals surface area contributed by atoms with Crippen LogP contribution in [0.4, 0.5) is 0 Å². The van der Waals surface area contributed by atoms with Gasteiger partial charge in [0.1, 0.15) is 11.5 Å². The molecule has 8 nitrogen and oxygen atoms in total. The van der Waals surface area contributed by atoms with Crippen molar-refractivity contribution in [2.75, 3.05) is 42.7 Å². The standard InChI is InChI=1S/C29H39NO7/c1-9-11-12-18(10-2)17-30-21-15-20(32-3)16-22(33-4)25(21)27(31)29(37-8)26(30)19-13-23(34-5)28(36-7)24(14-19)35-6/h13-16,18H,9-12,17H2,1-8H3. The average Bonchev–Trinajstić information content (AvgIpc) is 2.94. The summed E-state index contributed by atoms with van der Waals surface area (Å²) < 4.78 is 36.0. The summed E-state index contributed by atoms with van der Waals surface area (Å²) in [6, 6.07) is 7.28. The number of rotatable bonds is 13. The van der Waals surface area contributed by atoms with Crippen LogP contribution in [0, 0.1) is 5.92 Å². The third kappa shape index (κ3) is 5.43. The largest absolute Gasteiger partial charge is 0.497 e. The minimum atomic E-state index is -0.265. The SMILES string of the molecule is CCCCC(CC)Cn1c(-c2cc(OC)c(OC)c(OC)c2)c(OC)c(=O)c2c(OC)cc(OC)cc21. The third-order valence-electron chi connectivity index (χ3n) is 6.85. The second kappa shape index (κ2) is 12.6. The van der Waals surface area contributed by atoms with Crippen LogP contribution >= 0.6 is 0 Å². The second-order valence-electron chi connectivity index (χ2n) is 8.88. The summed E-state index contributed by atoms with van der Waals surface area (Å²) in [5.41, 5.74) is 1.78. The monoisotopic (exact) mass is 513 g/mol. The summed E-state index contributed by atoms with van der Waals surface area (Å²) in [5.74, 6) is 3.08. The Bertz CT molecular complexity index is 1260. The third-order valence-corrected chi connectivity index (χ3v) is 6.85. The lowest BCUT2D eigenvalue weighted by atomic mass is 9.97. The topological polar surface area (TPSA) is 77.4 Å². The Kier molecular flexibility index (Phi) is 9.55. The molecule has 0 saturated heterocycles. The van der Waals surface area contributed by atoms with Gasteiger partial charge in [-0.05, 0) is 24.5 Å². The first kappa shape index (κ1) is 28.0. The molecule has 0 amide bonds. The molecule has 0 aliphatic heterocycles. The molecule has 202 valence electrons. The highest BCUT2D eigenvalue weighted by molar-refractivity contribution is 5.92. The molecule has 1 atom stereocenters. The summed E-state index contributed by atoms with van der Waals surface area (Å²) in [5, 5.41) is 0.446. The van der Waals surface area contributed by atoms with Gasteiger partial charge in [0.2, 0.25) is 11.2 Å². The van der Waals surface area contributed by atoms with Crippen LogP contribution in [-0.4, -0.2) is 47.2 Å². The average molecular weight is 514 g/mol. The zero-order chi connectivity index (χ0) is 27.1. The normalized spacial score (nSPS) is 11.8. The Labute approximate surface area is 219 Å². The van der Waals surface area contributed by atoms with Gasteiger partial charge in [0.05, 0.1) is 59.3 Å². The van der Waals surface area contributed by atoms with Gasteiger partial charge in [-0.1, -0.05) is 33.1 Å². The molecule has 1 heterocycles. The lowest BCUT2D eigenvalue weighted by molar-refractivity contribution is 0.324. The number of benzene rings is 2. The molecular formula is C29H39NO7. The molecule has 2 aromatic carbocycles. The predicted molar refractivity (Wildman–Crippen MR) is 146 cm³/mol. The Hall–Kier alpha value is -3.55. The van der Waals surface area contributed by atoms with E-state index in [0.717, 1.165) is 25.7 Å². The highest BCUT2D eigenvalue weighted by Gasteiger charge is 2.26. The first-order chi connectivity index (χ1) is 17.9. The number of unbranched alkanes of at least 4 members (excludes halogenated alkanes) is 1. The minimum absolute atomic E-state index is 0.218. The number of hydrogen-bond acceptors (Lipinski definition) is 7. The van der Waals surface area contributed by atoms with Crippen molar-refractivity contribution in [3.05, 3.63) is 34.5 Å². The minimum Gasteiger partial charge on any atom is -0.497 e. The van der Waals surface area contributed by atoms with E-state index in [-0.39, 0.29) is 11.2 Å².